The van der Waals surface area contributed by atoms with Gasteiger partial charge in [-0.25, -0.2) is 4.99 Å². The molecule has 31 heavy (non-hydrogen) atoms. The van der Waals surface area contributed by atoms with Crippen LogP contribution >= 0.6 is 11.8 Å². The molecule has 0 radical (unpaired) electrons. The van der Waals surface area contributed by atoms with Crippen molar-refractivity contribution >= 4 is 34.5 Å². The Morgan fingerprint density at radius 2 is 1.94 bits per heavy atom. The molecule has 0 saturated carbocycles. The first-order chi connectivity index (χ1) is 14.9. The fourth-order valence-corrected chi connectivity index (χ4v) is 4.09. The number of methoxy groups -OCH3 is 1. The van der Waals surface area contributed by atoms with Gasteiger partial charge in [0.15, 0.2) is 5.17 Å². The number of benzene rings is 2. The first kappa shape index (κ1) is 22.4. The summed E-state index contributed by atoms with van der Waals surface area (Å²) in [6.07, 6.45) is 0.0263. The lowest BCUT2D eigenvalue weighted by Gasteiger charge is -2.26. The Balaban J connectivity index is 1.95. The second-order valence-electron chi connectivity index (χ2n) is 7.04. The number of carbonyl (C=O) groups is 2. The lowest BCUT2D eigenvalue weighted by atomic mass is 9.94. The molecule has 2 aromatic carbocycles. The van der Waals surface area contributed by atoms with Crippen LogP contribution in [-0.4, -0.2) is 35.0 Å². The van der Waals surface area contributed by atoms with E-state index in [9.17, 15) is 9.59 Å². The second-order valence-corrected chi connectivity index (χ2v) is 8.13. The van der Waals surface area contributed by atoms with Crippen molar-refractivity contribution < 1.29 is 19.4 Å². The molecule has 0 aliphatic carbocycles. The maximum Gasteiger partial charge on any atom is 0.304 e. The molecule has 1 aliphatic heterocycles. The number of anilines is 1. The monoisotopic (exact) mass is 439 g/mol. The zero-order valence-corrected chi connectivity index (χ0v) is 18.5. The van der Waals surface area contributed by atoms with Crippen molar-refractivity contribution in [1.29, 1.82) is 0 Å². The average Bonchev–Trinajstić information content (AvgIpc) is 2.74. The number of aliphatic imine (C=N–C) groups is 1. The van der Waals surface area contributed by atoms with Gasteiger partial charge in [0.25, 0.3) is 5.91 Å². The largest absolute Gasteiger partial charge is 0.496 e. The van der Waals surface area contributed by atoms with E-state index in [4.69, 9.17) is 14.8 Å². The van der Waals surface area contributed by atoms with Crippen molar-refractivity contribution in [3.63, 3.8) is 0 Å². The Morgan fingerprint density at radius 1 is 1.19 bits per heavy atom. The molecule has 2 aromatic rings. The summed E-state index contributed by atoms with van der Waals surface area (Å²) >= 11 is 1.32. The fraction of sp³-hybridized carbons (Fsp3) is 0.261. The average molecular weight is 440 g/mol. The molecule has 1 heterocycles. The number of nitrogens with zero attached hydrogens (tertiary/aromatic N) is 1. The minimum Gasteiger partial charge on any atom is -0.496 e. The summed E-state index contributed by atoms with van der Waals surface area (Å²) in [5.41, 5.74) is 3.66. The third-order valence-corrected chi connectivity index (χ3v) is 5.69. The zero-order chi connectivity index (χ0) is 22.4. The van der Waals surface area contributed by atoms with Crippen LogP contribution in [0.1, 0.15) is 30.5 Å². The minimum atomic E-state index is -0.862. The van der Waals surface area contributed by atoms with E-state index < -0.39 is 12.0 Å². The van der Waals surface area contributed by atoms with Gasteiger partial charge in [0.1, 0.15) is 11.8 Å². The topological polar surface area (TPSA) is 100 Å². The number of hydrogen-bond donors (Lipinski definition) is 3. The van der Waals surface area contributed by atoms with Gasteiger partial charge >= 0.3 is 5.97 Å². The van der Waals surface area contributed by atoms with Gasteiger partial charge in [0.2, 0.25) is 0 Å². The van der Waals surface area contributed by atoms with Gasteiger partial charge in [0, 0.05) is 17.1 Å². The van der Waals surface area contributed by atoms with Crippen LogP contribution in [0.3, 0.4) is 0 Å². The minimum absolute atomic E-state index is 0.0263. The molecule has 0 fully saturated rings. The van der Waals surface area contributed by atoms with E-state index in [-0.39, 0.29) is 12.3 Å². The van der Waals surface area contributed by atoms with Gasteiger partial charge in [-0.05, 0) is 43.2 Å². The van der Waals surface area contributed by atoms with E-state index in [1.54, 1.807) is 7.11 Å². The summed E-state index contributed by atoms with van der Waals surface area (Å²) in [6.45, 7) is 3.77. The quantitative estimate of drug-likeness (QED) is 0.600. The number of carboxylic acid groups (broad SMARTS) is 1. The lowest BCUT2D eigenvalue weighted by Crippen LogP contribution is -2.32. The van der Waals surface area contributed by atoms with Crippen molar-refractivity contribution in [3.8, 4) is 5.75 Å². The van der Waals surface area contributed by atoms with Crippen molar-refractivity contribution in [2.75, 3.05) is 18.2 Å². The van der Waals surface area contributed by atoms with Crippen LogP contribution in [-0.2, 0) is 9.59 Å². The number of aliphatic carboxylic acids is 1. The number of aryl methyl sites for hydroxylation is 1. The summed E-state index contributed by atoms with van der Waals surface area (Å²) < 4.78 is 5.46. The third kappa shape index (κ3) is 5.67. The van der Waals surface area contributed by atoms with Crippen LogP contribution in [0.5, 0.6) is 5.75 Å². The van der Waals surface area contributed by atoms with Crippen molar-refractivity contribution in [3.05, 3.63) is 70.9 Å². The standard InChI is InChI=1S/C23H25N3O4S/c1-14-9-10-16(13-18(14)30-3)21-20(22(29)25-17-7-5-4-6-8-17)15(2)24-23(26-21)31-12-11-19(27)28/h4-10,13,21H,11-12H2,1-3H3,(H,24,26)(H,25,29)(H,27,28). The SMILES string of the molecule is COc1cc(C2N=C(SCCC(=O)O)NC(C)=C2C(=O)Nc2ccccc2)ccc1C. The van der Waals surface area contributed by atoms with Crippen LogP contribution < -0.4 is 15.4 Å². The van der Waals surface area contributed by atoms with E-state index in [1.165, 1.54) is 11.8 Å². The highest BCUT2D eigenvalue weighted by atomic mass is 32.2. The van der Waals surface area contributed by atoms with E-state index in [0.717, 1.165) is 11.1 Å². The third-order valence-electron chi connectivity index (χ3n) is 4.80. The normalized spacial score (nSPS) is 15.7. The zero-order valence-electron chi connectivity index (χ0n) is 17.6. The Bertz CT molecular complexity index is 1030. The molecule has 8 heteroatoms. The lowest BCUT2D eigenvalue weighted by molar-refractivity contribution is -0.136. The summed E-state index contributed by atoms with van der Waals surface area (Å²) in [6, 6.07) is 14.4. The number of ether oxygens (including phenoxy) is 1. The van der Waals surface area contributed by atoms with Crippen molar-refractivity contribution in [2.24, 2.45) is 4.99 Å². The Labute approximate surface area is 185 Å². The number of carbonyl (C=O) groups excluding carboxylic acids is 1. The molecule has 3 rings (SSSR count). The summed E-state index contributed by atoms with van der Waals surface area (Å²) in [5.74, 6) is -0.0194. The number of rotatable bonds is 7. The predicted octanol–water partition coefficient (Wildman–Crippen LogP) is 4.12. The molecule has 1 amide bonds. The van der Waals surface area contributed by atoms with E-state index in [2.05, 4.69) is 10.6 Å². The molecule has 0 spiro atoms. The summed E-state index contributed by atoms with van der Waals surface area (Å²) in [4.78, 5) is 28.8. The summed E-state index contributed by atoms with van der Waals surface area (Å²) in [7, 11) is 1.61. The Hall–Kier alpha value is -3.26. The predicted molar refractivity (Wildman–Crippen MR) is 124 cm³/mol. The van der Waals surface area contributed by atoms with Gasteiger partial charge in [0.05, 0.1) is 19.1 Å². The molecule has 1 unspecified atom stereocenters. The van der Waals surface area contributed by atoms with E-state index >= 15 is 0 Å². The molecule has 1 atom stereocenters. The first-order valence-corrected chi connectivity index (χ1v) is 10.8. The van der Waals surface area contributed by atoms with Crippen LogP contribution in [0.2, 0.25) is 0 Å². The number of amidine groups is 1. The van der Waals surface area contributed by atoms with Crippen molar-refractivity contribution in [1.82, 2.24) is 5.32 Å². The van der Waals surface area contributed by atoms with Gasteiger partial charge in [-0.1, -0.05) is 42.1 Å². The van der Waals surface area contributed by atoms with Gasteiger partial charge in [-0.3, -0.25) is 9.59 Å². The maximum atomic E-state index is 13.2. The molecule has 0 aromatic heterocycles. The second kappa shape index (κ2) is 10.2. The van der Waals surface area contributed by atoms with Gasteiger partial charge in [-0.15, -0.1) is 0 Å². The molecular weight excluding hydrogens is 414 g/mol. The Kier molecular flexibility index (Phi) is 7.36. The maximum absolute atomic E-state index is 13.2. The highest BCUT2D eigenvalue weighted by Crippen LogP contribution is 2.35. The number of hydrogen-bond acceptors (Lipinski definition) is 6. The smallest absolute Gasteiger partial charge is 0.304 e. The number of para-hydroxylation sites is 1. The molecule has 0 saturated heterocycles. The highest BCUT2D eigenvalue weighted by molar-refractivity contribution is 8.13. The van der Waals surface area contributed by atoms with Gasteiger partial charge in [-0.2, -0.15) is 0 Å². The van der Waals surface area contributed by atoms with E-state index in [1.807, 2.05) is 62.4 Å². The van der Waals surface area contributed by atoms with Gasteiger partial charge < -0.3 is 20.5 Å². The molecular formula is C23H25N3O4S. The molecule has 7 nitrogen and oxygen atoms in total. The number of nitrogens with one attached hydrogen (secondary N) is 2. The Morgan fingerprint density at radius 3 is 2.61 bits per heavy atom. The molecule has 1 aliphatic rings. The van der Waals surface area contributed by atoms with E-state index in [0.29, 0.717) is 33.6 Å². The van der Waals surface area contributed by atoms with Crippen LogP contribution in [0.15, 0.2) is 64.8 Å². The van der Waals surface area contributed by atoms with Crippen LogP contribution in [0, 0.1) is 6.92 Å². The molecule has 0 bridgehead atoms. The summed E-state index contributed by atoms with van der Waals surface area (Å²) in [5, 5.41) is 15.6. The number of allylic oxidation sites excluding steroid dienone is 1. The fourth-order valence-electron chi connectivity index (χ4n) is 3.22. The molecule has 3 N–H and O–H groups in total. The number of thioether (sulfide) groups is 1. The number of carboxylic acids is 1. The number of amides is 1. The van der Waals surface area contributed by atoms with Crippen molar-refractivity contribution in [2.45, 2.75) is 26.3 Å². The van der Waals surface area contributed by atoms with Crippen LogP contribution in [0.25, 0.3) is 0 Å². The van der Waals surface area contributed by atoms with Crippen LogP contribution in [0.4, 0.5) is 5.69 Å². The highest BCUT2D eigenvalue weighted by Gasteiger charge is 2.30. The first-order valence-electron chi connectivity index (χ1n) is 9.80. The molecule has 162 valence electrons.